The predicted octanol–water partition coefficient (Wildman–Crippen LogP) is 4.18. The number of nitrogens with zero attached hydrogens (tertiary/aromatic N) is 1. The van der Waals surface area contributed by atoms with Crippen LogP contribution in [0.15, 0.2) is 42.5 Å². The minimum Gasteiger partial charge on any atom is -0.497 e. The first-order valence-corrected chi connectivity index (χ1v) is 7.58. The van der Waals surface area contributed by atoms with Gasteiger partial charge in [0.05, 0.1) is 12.8 Å². The molecule has 3 heteroatoms. The Bertz CT molecular complexity index is 606. The highest BCUT2D eigenvalue weighted by Crippen LogP contribution is 2.30. The summed E-state index contributed by atoms with van der Waals surface area (Å²) in [5.74, 6) is 1.64. The van der Waals surface area contributed by atoms with E-state index in [1.54, 1.807) is 7.11 Å². The number of ether oxygens (including phenoxy) is 2. The monoisotopic (exact) mass is 297 g/mol. The van der Waals surface area contributed by atoms with Crippen molar-refractivity contribution in [3.05, 3.63) is 60.5 Å². The van der Waals surface area contributed by atoms with E-state index in [2.05, 4.69) is 18.7 Å². The number of hydrogen-bond donors (Lipinski definition) is 0. The fourth-order valence-electron chi connectivity index (χ4n) is 2.40. The predicted molar refractivity (Wildman–Crippen MR) is 90.7 cm³/mol. The highest BCUT2D eigenvalue weighted by Gasteiger charge is 2.10. The van der Waals surface area contributed by atoms with Crippen LogP contribution in [0.2, 0.25) is 0 Å². The average Bonchev–Trinajstić information content (AvgIpc) is 2.55. The molecule has 0 heterocycles. The van der Waals surface area contributed by atoms with E-state index in [-0.39, 0.29) is 0 Å². The first kappa shape index (κ1) is 16.2. The van der Waals surface area contributed by atoms with E-state index in [9.17, 15) is 0 Å². The molecule has 22 heavy (non-hydrogen) atoms. The zero-order valence-corrected chi connectivity index (χ0v) is 13.5. The van der Waals surface area contributed by atoms with Gasteiger partial charge in [0.25, 0.3) is 0 Å². The Balaban J connectivity index is 2.19. The molecule has 116 valence electrons. The van der Waals surface area contributed by atoms with Crippen LogP contribution in [0.25, 0.3) is 0 Å². The van der Waals surface area contributed by atoms with Crippen molar-refractivity contribution in [2.45, 2.75) is 20.5 Å². The second-order valence-electron chi connectivity index (χ2n) is 5.04. The van der Waals surface area contributed by atoms with Crippen LogP contribution >= 0.6 is 0 Å². The summed E-state index contributed by atoms with van der Waals surface area (Å²) < 4.78 is 11.2. The number of anilines is 1. The van der Waals surface area contributed by atoms with E-state index >= 15 is 0 Å². The summed E-state index contributed by atoms with van der Waals surface area (Å²) in [6.45, 7) is 12.5. The Morgan fingerprint density at radius 2 is 1.82 bits per heavy atom. The van der Waals surface area contributed by atoms with Crippen molar-refractivity contribution < 1.29 is 9.47 Å². The van der Waals surface area contributed by atoms with E-state index in [0.717, 1.165) is 35.8 Å². The van der Waals surface area contributed by atoms with Crippen LogP contribution in [-0.2, 0) is 6.61 Å². The number of hydrogen-bond acceptors (Lipinski definition) is 3. The Hall–Kier alpha value is -2.16. The van der Waals surface area contributed by atoms with Gasteiger partial charge < -0.3 is 14.4 Å². The maximum absolute atomic E-state index is 6.01. The first-order chi connectivity index (χ1) is 10.7. The van der Waals surface area contributed by atoms with Crippen molar-refractivity contribution in [1.82, 2.24) is 0 Å². The summed E-state index contributed by atoms with van der Waals surface area (Å²) in [5.41, 5.74) is 2.84. The number of benzene rings is 2. The fraction of sp³-hybridized carbons (Fsp3) is 0.316. The molecule has 2 aromatic rings. The molecule has 3 nitrogen and oxygen atoms in total. The molecular formula is C19H23NO2. The highest BCUT2D eigenvalue weighted by molar-refractivity contribution is 5.60. The third-order valence-electron chi connectivity index (χ3n) is 3.62. The molecule has 0 aromatic heterocycles. The minimum atomic E-state index is 0.481. The van der Waals surface area contributed by atoms with Crippen molar-refractivity contribution in [2.75, 3.05) is 25.1 Å². The molecule has 0 saturated heterocycles. The van der Waals surface area contributed by atoms with Crippen LogP contribution in [0.1, 0.15) is 25.0 Å². The van der Waals surface area contributed by atoms with E-state index in [1.807, 2.05) is 42.5 Å². The Labute approximate surface area is 133 Å². The molecule has 2 aromatic carbocycles. The van der Waals surface area contributed by atoms with Gasteiger partial charge in [-0.15, -0.1) is 0 Å². The van der Waals surface area contributed by atoms with E-state index < -0.39 is 0 Å². The minimum absolute atomic E-state index is 0.481. The van der Waals surface area contributed by atoms with Gasteiger partial charge in [0, 0.05) is 13.1 Å². The summed E-state index contributed by atoms with van der Waals surface area (Å²) in [7, 11) is 1.66. The Morgan fingerprint density at radius 1 is 1.05 bits per heavy atom. The van der Waals surface area contributed by atoms with Gasteiger partial charge >= 0.3 is 0 Å². The molecule has 0 amide bonds. The molecule has 0 aliphatic heterocycles. The van der Waals surface area contributed by atoms with E-state index in [0.29, 0.717) is 12.2 Å². The highest BCUT2D eigenvalue weighted by atomic mass is 16.5. The Morgan fingerprint density at radius 3 is 2.50 bits per heavy atom. The number of rotatable bonds is 7. The van der Waals surface area contributed by atoms with Gasteiger partial charge in [-0.05, 0) is 56.2 Å². The van der Waals surface area contributed by atoms with Gasteiger partial charge in [0.2, 0.25) is 0 Å². The standard InChI is InChI=1S/C19H23NO2/c1-5-20(6-2)18-11-10-15(3)12-19(18)22-14-16-8-7-9-17(13-16)21-4/h3,7-13H,5-6,14H2,1-2,4H3. The normalized spacial score (nSPS) is 10.4. The van der Waals surface area contributed by atoms with Crippen LogP contribution in [-0.4, -0.2) is 20.2 Å². The smallest absolute Gasteiger partial charge is 0.143 e. The molecule has 0 fully saturated rings. The molecule has 0 saturated carbocycles. The SMILES string of the molecule is [CH]c1ccc(N(CC)CC)c(OCc2cccc(OC)c2)c1. The Kier molecular flexibility index (Phi) is 5.70. The van der Waals surface area contributed by atoms with Crippen molar-refractivity contribution in [1.29, 1.82) is 0 Å². The van der Waals surface area contributed by atoms with Crippen molar-refractivity contribution >= 4 is 5.69 Å². The lowest BCUT2D eigenvalue weighted by Crippen LogP contribution is -2.22. The van der Waals surface area contributed by atoms with Gasteiger partial charge in [-0.25, -0.2) is 0 Å². The maximum Gasteiger partial charge on any atom is 0.143 e. The van der Waals surface area contributed by atoms with Gasteiger partial charge in [0.15, 0.2) is 0 Å². The van der Waals surface area contributed by atoms with Crippen molar-refractivity contribution in [3.8, 4) is 11.5 Å². The molecule has 2 radical (unpaired) electrons. The van der Waals surface area contributed by atoms with Gasteiger partial charge in [0.1, 0.15) is 18.1 Å². The summed E-state index contributed by atoms with van der Waals surface area (Å²) in [5, 5.41) is 0. The molecule has 0 N–H and O–H groups in total. The topological polar surface area (TPSA) is 21.7 Å². The largest absolute Gasteiger partial charge is 0.497 e. The first-order valence-electron chi connectivity index (χ1n) is 7.58. The van der Waals surface area contributed by atoms with E-state index in [4.69, 9.17) is 16.4 Å². The fourth-order valence-corrected chi connectivity index (χ4v) is 2.40. The molecular weight excluding hydrogens is 274 g/mol. The molecule has 0 bridgehead atoms. The average molecular weight is 297 g/mol. The summed E-state index contributed by atoms with van der Waals surface area (Å²) in [6.07, 6.45) is 0. The lowest BCUT2D eigenvalue weighted by atomic mass is 10.2. The second-order valence-corrected chi connectivity index (χ2v) is 5.04. The zero-order chi connectivity index (χ0) is 15.9. The second kappa shape index (κ2) is 7.74. The lowest BCUT2D eigenvalue weighted by Gasteiger charge is -2.24. The maximum atomic E-state index is 6.01. The summed E-state index contributed by atoms with van der Waals surface area (Å²) >= 11 is 0. The molecule has 0 atom stereocenters. The molecule has 0 unspecified atom stereocenters. The van der Waals surface area contributed by atoms with Crippen LogP contribution in [0.4, 0.5) is 5.69 Å². The van der Waals surface area contributed by atoms with Crippen LogP contribution < -0.4 is 14.4 Å². The molecule has 0 aliphatic carbocycles. The quantitative estimate of drug-likeness (QED) is 0.765. The summed E-state index contributed by atoms with van der Waals surface area (Å²) in [4.78, 5) is 2.25. The number of methoxy groups -OCH3 is 1. The molecule has 2 rings (SSSR count). The third kappa shape index (κ3) is 3.94. The third-order valence-corrected chi connectivity index (χ3v) is 3.62. The lowest BCUT2D eigenvalue weighted by molar-refractivity contribution is 0.305. The van der Waals surface area contributed by atoms with Gasteiger partial charge in [-0.3, -0.25) is 0 Å². The zero-order valence-electron chi connectivity index (χ0n) is 13.5. The molecule has 0 aliphatic rings. The van der Waals surface area contributed by atoms with Crippen molar-refractivity contribution in [3.63, 3.8) is 0 Å². The van der Waals surface area contributed by atoms with E-state index in [1.165, 1.54) is 0 Å². The molecule has 0 spiro atoms. The van der Waals surface area contributed by atoms with Crippen LogP contribution in [0, 0.1) is 6.92 Å². The van der Waals surface area contributed by atoms with Gasteiger partial charge in [-0.2, -0.15) is 0 Å². The van der Waals surface area contributed by atoms with Crippen LogP contribution in [0.3, 0.4) is 0 Å². The van der Waals surface area contributed by atoms with Gasteiger partial charge in [-0.1, -0.05) is 18.2 Å². The van der Waals surface area contributed by atoms with Crippen LogP contribution in [0.5, 0.6) is 11.5 Å². The van der Waals surface area contributed by atoms with Crippen molar-refractivity contribution in [2.24, 2.45) is 0 Å². The summed E-state index contributed by atoms with van der Waals surface area (Å²) in [6, 6.07) is 13.7.